The first-order chi connectivity index (χ1) is 7.63. The molecule has 16 heavy (non-hydrogen) atoms. The molecule has 3 nitrogen and oxygen atoms in total. The first-order valence-electron chi connectivity index (χ1n) is 5.18. The van der Waals surface area contributed by atoms with E-state index in [-0.39, 0.29) is 0 Å². The van der Waals surface area contributed by atoms with Crippen LogP contribution in [-0.4, -0.2) is 20.8 Å². The van der Waals surface area contributed by atoms with Gasteiger partial charge in [-0.2, -0.15) is 0 Å². The smallest absolute Gasteiger partial charge is 0.164 e. The second kappa shape index (κ2) is 5.45. The molecule has 1 rings (SSSR count). The Balaban J connectivity index is 3.29. The van der Waals surface area contributed by atoms with Gasteiger partial charge in [-0.25, -0.2) is 0 Å². The fraction of sp³-hybridized carbons (Fsp3) is 0.385. The summed E-state index contributed by atoms with van der Waals surface area (Å²) < 4.78 is 16.0. The van der Waals surface area contributed by atoms with Gasteiger partial charge in [-0.15, -0.1) is 0 Å². The molecule has 0 aliphatic carbocycles. The standard InChI is InChI=1S/C13H18O3/c1-6-16-11-8-13(15-5)12(14-4)7-10(11)9(2)3/h7-8H,2,6H2,1,3-5H3. The molecule has 0 aromatic heterocycles. The van der Waals surface area contributed by atoms with Crippen LogP contribution in [0.4, 0.5) is 0 Å². The molecule has 0 aliphatic heterocycles. The van der Waals surface area contributed by atoms with Gasteiger partial charge >= 0.3 is 0 Å². The van der Waals surface area contributed by atoms with Gasteiger partial charge in [-0.05, 0) is 25.5 Å². The van der Waals surface area contributed by atoms with Crippen molar-refractivity contribution in [3.05, 3.63) is 24.3 Å². The molecule has 3 heteroatoms. The maximum Gasteiger partial charge on any atom is 0.164 e. The summed E-state index contributed by atoms with van der Waals surface area (Å²) in [4.78, 5) is 0. The van der Waals surface area contributed by atoms with E-state index < -0.39 is 0 Å². The quantitative estimate of drug-likeness (QED) is 0.766. The third kappa shape index (κ3) is 2.48. The van der Waals surface area contributed by atoms with Crippen LogP contribution in [0.5, 0.6) is 17.2 Å². The molecule has 0 fully saturated rings. The molecular weight excluding hydrogens is 204 g/mol. The fourth-order valence-corrected chi connectivity index (χ4v) is 1.47. The van der Waals surface area contributed by atoms with Crippen LogP contribution in [0.3, 0.4) is 0 Å². The van der Waals surface area contributed by atoms with Gasteiger partial charge in [0.05, 0.1) is 20.8 Å². The Morgan fingerprint density at radius 2 is 1.69 bits per heavy atom. The summed E-state index contributed by atoms with van der Waals surface area (Å²) >= 11 is 0. The molecule has 0 radical (unpaired) electrons. The van der Waals surface area contributed by atoms with E-state index in [1.807, 2.05) is 26.0 Å². The van der Waals surface area contributed by atoms with E-state index in [1.165, 1.54) is 0 Å². The molecule has 0 saturated heterocycles. The monoisotopic (exact) mass is 222 g/mol. The summed E-state index contributed by atoms with van der Waals surface area (Å²) in [5.41, 5.74) is 1.88. The van der Waals surface area contributed by atoms with Crippen LogP contribution < -0.4 is 14.2 Å². The van der Waals surface area contributed by atoms with Crippen LogP contribution in [0, 0.1) is 0 Å². The highest BCUT2D eigenvalue weighted by Gasteiger charge is 2.12. The van der Waals surface area contributed by atoms with Gasteiger partial charge in [0.25, 0.3) is 0 Å². The predicted octanol–water partition coefficient (Wildman–Crippen LogP) is 3.14. The van der Waals surface area contributed by atoms with E-state index in [9.17, 15) is 0 Å². The zero-order chi connectivity index (χ0) is 12.1. The Kier molecular flexibility index (Phi) is 4.23. The summed E-state index contributed by atoms with van der Waals surface area (Å²) in [6.45, 7) is 8.41. The van der Waals surface area contributed by atoms with Crippen molar-refractivity contribution in [2.24, 2.45) is 0 Å². The lowest BCUT2D eigenvalue weighted by Crippen LogP contribution is -1.98. The van der Waals surface area contributed by atoms with Crippen LogP contribution >= 0.6 is 0 Å². The molecular formula is C13H18O3. The highest BCUT2D eigenvalue weighted by Crippen LogP contribution is 2.37. The molecule has 0 spiro atoms. The second-order valence-corrected chi connectivity index (χ2v) is 3.42. The number of methoxy groups -OCH3 is 2. The van der Waals surface area contributed by atoms with Crippen LogP contribution in [0.15, 0.2) is 18.7 Å². The summed E-state index contributed by atoms with van der Waals surface area (Å²) in [6.07, 6.45) is 0. The van der Waals surface area contributed by atoms with Crippen molar-refractivity contribution in [1.29, 1.82) is 0 Å². The van der Waals surface area contributed by atoms with Crippen molar-refractivity contribution >= 4 is 5.57 Å². The summed E-state index contributed by atoms with van der Waals surface area (Å²) in [5.74, 6) is 2.12. The maximum absolute atomic E-state index is 5.54. The van der Waals surface area contributed by atoms with Crippen LogP contribution in [-0.2, 0) is 0 Å². The Morgan fingerprint density at radius 3 is 2.12 bits per heavy atom. The number of hydrogen-bond acceptors (Lipinski definition) is 3. The van der Waals surface area contributed by atoms with Gasteiger partial charge in [0.1, 0.15) is 5.75 Å². The lowest BCUT2D eigenvalue weighted by atomic mass is 10.1. The van der Waals surface area contributed by atoms with Crippen molar-refractivity contribution in [2.45, 2.75) is 13.8 Å². The lowest BCUT2D eigenvalue weighted by Gasteiger charge is -2.14. The minimum atomic E-state index is 0.607. The minimum Gasteiger partial charge on any atom is -0.493 e. The highest BCUT2D eigenvalue weighted by molar-refractivity contribution is 5.70. The molecule has 0 bridgehead atoms. The van der Waals surface area contributed by atoms with Crippen molar-refractivity contribution in [3.63, 3.8) is 0 Å². The number of rotatable bonds is 5. The zero-order valence-electron chi connectivity index (χ0n) is 10.3. The zero-order valence-corrected chi connectivity index (χ0v) is 10.3. The Labute approximate surface area is 96.6 Å². The molecule has 0 unspecified atom stereocenters. The van der Waals surface area contributed by atoms with Gasteiger partial charge in [0.15, 0.2) is 11.5 Å². The highest BCUT2D eigenvalue weighted by atomic mass is 16.5. The molecule has 0 N–H and O–H groups in total. The molecule has 0 heterocycles. The van der Waals surface area contributed by atoms with E-state index in [1.54, 1.807) is 14.2 Å². The lowest BCUT2D eigenvalue weighted by molar-refractivity contribution is 0.326. The largest absolute Gasteiger partial charge is 0.493 e. The molecule has 0 aliphatic rings. The second-order valence-electron chi connectivity index (χ2n) is 3.42. The van der Waals surface area contributed by atoms with Gasteiger partial charge < -0.3 is 14.2 Å². The maximum atomic E-state index is 5.54. The average molecular weight is 222 g/mol. The normalized spacial score (nSPS) is 9.75. The van der Waals surface area contributed by atoms with Crippen molar-refractivity contribution < 1.29 is 14.2 Å². The first-order valence-corrected chi connectivity index (χ1v) is 5.18. The third-order valence-electron chi connectivity index (χ3n) is 2.25. The Hall–Kier alpha value is -1.64. The molecule has 1 aromatic carbocycles. The van der Waals surface area contributed by atoms with Crippen LogP contribution in [0.2, 0.25) is 0 Å². The summed E-state index contributed by atoms with van der Waals surface area (Å²) in [7, 11) is 3.22. The molecule has 0 atom stereocenters. The fourth-order valence-electron chi connectivity index (χ4n) is 1.47. The third-order valence-corrected chi connectivity index (χ3v) is 2.25. The topological polar surface area (TPSA) is 27.7 Å². The molecule has 1 aromatic rings. The van der Waals surface area contributed by atoms with Crippen molar-refractivity contribution in [2.75, 3.05) is 20.8 Å². The SMILES string of the molecule is C=C(C)c1cc(OC)c(OC)cc1OCC. The number of allylic oxidation sites excluding steroid dienone is 1. The van der Waals surface area contributed by atoms with Crippen LogP contribution in [0.25, 0.3) is 5.57 Å². The van der Waals surface area contributed by atoms with E-state index in [2.05, 4.69) is 6.58 Å². The Morgan fingerprint density at radius 1 is 1.12 bits per heavy atom. The predicted molar refractivity (Wildman–Crippen MR) is 65.4 cm³/mol. The molecule has 88 valence electrons. The van der Waals surface area contributed by atoms with E-state index in [0.29, 0.717) is 18.1 Å². The number of benzene rings is 1. The summed E-state index contributed by atoms with van der Waals surface area (Å²) in [6, 6.07) is 3.71. The van der Waals surface area contributed by atoms with E-state index >= 15 is 0 Å². The molecule has 0 saturated carbocycles. The van der Waals surface area contributed by atoms with E-state index in [0.717, 1.165) is 16.9 Å². The van der Waals surface area contributed by atoms with Crippen molar-refractivity contribution in [3.8, 4) is 17.2 Å². The first kappa shape index (κ1) is 12.4. The van der Waals surface area contributed by atoms with Gasteiger partial charge in [0, 0.05) is 11.6 Å². The summed E-state index contributed by atoms with van der Waals surface area (Å²) in [5, 5.41) is 0. The van der Waals surface area contributed by atoms with E-state index in [4.69, 9.17) is 14.2 Å². The van der Waals surface area contributed by atoms with Gasteiger partial charge in [0.2, 0.25) is 0 Å². The van der Waals surface area contributed by atoms with Gasteiger partial charge in [-0.3, -0.25) is 0 Å². The van der Waals surface area contributed by atoms with Crippen molar-refractivity contribution in [1.82, 2.24) is 0 Å². The Bertz CT molecular complexity index is 383. The average Bonchev–Trinajstić information content (AvgIpc) is 2.28. The minimum absolute atomic E-state index is 0.607. The van der Waals surface area contributed by atoms with Gasteiger partial charge in [-0.1, -0.05) is 6.58 Å². The number of ether oxygens (including phenoxy) is 3. The van der Waals surface area contributed by atoms with Crippen LogP contribution in [0.1, 0.15) is 19.4 Å². The number of hydrogen-bond donors (Lipinski definition) is 0. The molecule has 0 amide bonds.